The van der Waals surface area contributed by atoms with E-state index in [1.807, 2.05) is 37.4 Å². The normalized spacial score (nSPS) is 17.8. The summed E-state index contributed by atoms with van der Waals surface area (Å²) in [4.78, 5) is 12.2. The lowest BCUT2D eigenvalue weighted by Crippen LogP contribution is -2.38. The molecule has 19 heavy (non-hydrogen) atoms. The average molecular weight is 255 g/mol. The smallest absolute Gasteiger partial charge is 0.251 e. The number of fused-ring (bicyclic) bond motifs is 1. The van der Waals surface area contributed by atoms with Crippen LogP contribution in [0.5, 0.6) is 0 Å². The van der Waals surface area contributed by atoms with E-state index in [1.54, 1.807) is 0 Å². The molecule has 1 amide bonds. The molecule has 1 aromatic carbocycles. The maximum atomic E-state index is 12.2. The number of rotatable bonds is 2. The van der Waals surface area contributed by atoms with Crippen molar-refractivity contribution in [1.82, 2.24) is 15.5 Å². The van der Waals surface area contributed by atoms with Crippen LogP contribution >= 0.6 is 0 Å². The summed E-state index contributed by atoms with van der Waals surface area (Å²) in [5, 5.41) is 10.2. The number of hydrogen-bond donors (Lipinski definition) is 2. The summed E-state index contributed by atoms with van der Waals surface area (Å²) in [5.74, 6) is 0.0108. The second-order valence-corrected chi connectivity index (χ2v) is 5.16. The van der Waals surface area contributed by atoms with E-state index in [4.69, 9.17) is 0 Å². The molecule has 1 aliphatic rings. The van der Waals surface area contributed by atoms with E-state index in [2.05, 4.69) is 15.5 Å². The highest BCUT2D eigenvalue weighted by molar-refractivity contribution is 5.94. The molecule has 4 nitrogen and oxygen atoms in total. The van der Waals surface area contributed by atoms with Gasteiger partial charge < -0.3 is 5.32 Å². The average Bonchev–Trinajstić information content (AvgIpc) is 2.86. The molecule has 0 saturated heterocycles. The second kappa shape index (κ2) is 4.88. The van der Waals surface area contributed by atoms with Crippen molar-refractivity contribution in [2.75, 3.05) is 0 Å². The van der Waals surface area contributed by atoms with Gasteiger partial charge in [0.2, 0.25) is 0 Å². The predicted molar refractivity (Wildman–Crippen MR) is 73.0 cm³/mol. The van der Waals surface area contributed by atoms with Crippen LogP contribution < -0.4 is 5.32 Å². The summed E-state index contributed by atoms with van der Waals surface area (Å²) in [6.45, 7) is 1.99. The van der Waals surface area contributed by atoms with E-state index >= 15 is 0 Å². The fourth-order valence-corrected chi connectivity index (χ4v) is 2.59. The Hall–Kier alpha value is -2.10. The number of amides is 1. The van der Waals surface area contributed by atoms with E-state index in [0.29, 0.717) is 0 Å². The minimum atomic E-state index is 0.0108. The first-order valence-electron chi connectivity index (χ1n) is 6.61. The fraction of sp³-hybridized carbons (Fsp3) is 0.333. The van der Waals surface area contributed by atoms with Crippen LogP contribution in [0.3, 0.4) is 0 Å². The first-order valence-corrected chi connectivity index (χ1v) is 6.61. The highest BCUT2D eigenvalue weighted by Crippen LogP contribution is 2.19. The van der Waals surface area contributed by atoms with E-state index in [0.717, 1.165) is 36.1 Å². The van der Waals surface area contributed by atoms with Crippen LogP contribution in [0.4, 0.5) is 0 Å². The molecule has 1 unspecified atom stereocenters. The Balaban J connectivity index is 1.68. The second-order valence-electron chi connectivity index (χ2n) is 5.16. The third kappa shape index (κ3) is 2.52. The van der Waals surface area contributed by atoms with Crippen LogP contribution in [0.1, 0.15) is 33.6 Å². The van der Waals surface area contributed by atoms with Gasteiger partial charge in [-0.15, -0.1) is 0 Å². The van der Waals surface area contributed by atoms with Crippen LogP contribution in [-0.4, -0.2) is 22.1 Å². The number of hydrogen-bond acceptors (Lipinski definition) is 2. The number of nitrogens with one attached hydrogen (secondary N) is 2. The van der Waals surface area contributed by atoms with E-state index in [-0.39, 0.29) is 11.9 Å². The molecule has 98 valence electrons. The van der Waals surface area contributed by atoms with Crippen LogP contribution in [0, 0.1) is 6.92 Å². The van der Waals surface area contributed by atoms with Gasteiger partial charge >= 0.3 is 0 Å². The molecule has 1 aromatic heterocycles. The van der Waals surface area contributed by atoms with E-state index < -0.39 is 0 Å². The van der Waals surface area contributed by atoms with Crippen LogP contribution in [0.25, 0.3) is 0 Å². The number of nitrogens with zero attached hydrogens (tertiary/aromatic N) is 1. The van der Waals surface area contributed by atoms with Gasteiger partial charge in [-0.3, -0.25) is 9.89 Å². The highest BCUT2D eigenvalue weighted by Gasteiger charge is 2.21. The summed E-state index contributed by atoms with van der Waals surface area (Å²) < 4.78 is 0. The summed E-state index contributed by atoms with van der Waals surface area (Å²) in [7, 11) is 0. The zero-order valence-corrected chi connectivity index (χ0v) is 10.9. The lowest BCUT2D eigenvalue weighted by Gasteiger charge is -2.22. The van der Waals surface area contributed by atoms with Crippen LogP contribution in [0.2, 0.25) is 0 Å². The third-order valence-corrected chi connectivity index (χ3v) is 3.64. The zero-order valence-electron chi connectivity index (χ0n) is 10.9. The molecular formula is C15H17N3O. The van der Waals surface area contributed by atoms with Crippen LogP contribution in [0.15, 0.2) is 30.5 Å². The fourth-order valence-electron chi connectivity index (χ4n) is 2.59. The lowest BCUT2D eigenvalue weighted by atomic mass is 9.93. The molecule has 2 N–H and O–H groups in total. The standard InChI is InChI=1S/C15H17N3O/c1-10-3-2-4-11(7-10)15(19)17-13-6-5-12-9-16-18-14(12)8-13/h2-4,7,9,13H,5-6,8H2,1H3,(H,16,18)(H,17,19). The predicted octanol–water partition coefficient (Wildman–Crippen LogP) is 2.01. The van der Waals surface area contributed by atoms with Gasteiger partial charge in [-0.2, -0.15) is 5.10 Å². The lowest BCUT2D eigenvalue weighted by molar-refractivity contribution is 0.0933. The van der Waals surface area contributed by atoms with Gasteiger partial charge in [-0.05, 0) is 37.5 Å². The zero-order chi connectivity index (χ0) is 13.2. The number of H-pyrrole nitrogens is 1. The molecule has 4 heteroatoms. The minimum absolute atomic E-state index is 0.0108. The van der Waals surface area contributed by atoms with Crippen molar-refractivity contribution < 1.29 is 4.79 Å². The van der Waals surface area contributed by atoms with Crippen molar-refractivity contribution in [3.05, 3.63) is 52.8 Å². The molecule has 0 saturated carbocycles. The quantitative estimate of drug-likeness (QED) is 0.862. The maximum Gasteiger partial charge on any atom is 0.251 e. The Morgan fingerprint density at radius 3 is 3.21 bits per heavy atom. The summed E-state index contributed by atoms with van der Waals surface area (Å²) >= 11 is 0. The molecule has 0 radical (unpaired) electrons. The number of aromatic amines is 1. The SMILES string of the molecule is Cc1cccc(C(=O)NC2CCc3cn[nH]c3C2)c1. The van der Waals surface area contributed by atoms with Gasteiger partial charge in [0.15, 0.2) is 0 Å². The van der Waals surface area contributed by atoms with E-state index in [9.17, 15) is 4.79 Å². The Kier molecular flexibility index (Phi) is 3.07. The van der Waals surface area contributed by atoms with Gasteiger partial charge in [-0.25, -0.2) is 0 Å². The van der Waals surface area contributed by atoms with E-state index in [1.165, 1.54) is 5.56 Å². The van der Waals surface area contributed by atoms with Gasteiger partial charge in [0.1, 0.15) is 0 Å². The summed E-state index contributed by atoms with van der Waals surface area (Å²) in [6.07, 6.45) is 4.68. The Labute approximate surface area is 112 Å². The van der Waals surface area contributed by atoms with Crippen molar-refractivity contribution >= 4 is 5.91 Å². The molecule has 0 aliphatic heterocycles. The minimum Gasteiger partial charge on any atom is -0.349 e. The first-order chi connectivity index (χ1) is 9.22. The summed E-state index contributed by atoms with van der Waals surface area (Å²) in [5.41, 5.74) is 4.27. The number of aryl methyl sites for hydroxylation is 2. The van der Waals surface area contributed by atoms with Gasteiger partial charge in [0.25, 0.3) is 5.91 Å². The van der Waals surface area contributed by atoms with Gasteiger partial charge in [0.05, 0.1) is 6.20 Å². The van der Waals surface area contributed by atoms with Crippen molar-refractivity contribution in [2.45, 2.75) is 32.2 Å². The first kappa shape index (κ1) is 12.0. The molecule has 3 rings (SSSR count). The molecular weight excluding hydrogens is 238 g/mol. The molecule has 1 atom stereocenters. The molecule has 0 bridgehead atoms. The Bertz CT molecular complexity index is 603. The Morgan fingerprint density at radius 1 is 1.47 bits per heavy atom. The molecule has 1 aliphatic carbocycles. The maximum absolute atomic E-state index is 12.2. The Morgan fingerprint density at radius 2 is 2.37 bits per heavy atom. The molecule has 1 heterocycles. The van der Waals surface area contributed by atoms with Crippen molar-refractivity contribution in [3.63, 3.8) is 0 Å². The number of benzene rings is 1. The highest BCUT2D eigenvalue weighted by atomic mass is 16.1. The molecule has 0 spiro atoms. The monoisotopic (exact) mass is 255 g/mol. The van der Waals surface area contributed by atoms with Crippen molar-refractivity contribution in [2.24, 2.45) is 0 Å². The van der Waals surface area contributed by atoms with Crippen molar-refractivity contribution in [3.8, 4) is 0 Å². The van der Waals surface area contributed by atoms with Gasteiger partial charge in [-0.1, -0.05) is 17.7 Å². The molecule has 2 aromatic rings. The number of aromatic nitrogens is 2. The largest absolute Gasteiger partial charge is 0.349 e. The molecule has 0 fully saturated rings. The van der Waals surface area contributed by atoms with Crippen LogP contribution in [-0.2, 0) is 12.8 Å². The van der Waals surface area contributed by atoms with Gasteiger partial charge in [0, 0.05) is 23.7 Å². The number of carbonyl (C=O) groups is 1. The number of carbonyl (C=O) groups excluding carboxylic acids is 1. The van der Waals surface area contributed by atoms with Crippen molar-refractivity contribution in [1.29, 1.82) is 0 Å². The third-order valence-electron chi connectivity index (χ3n) is 3.64. The summed E-state index contributed by atoms with van der Waals surface area (Å²) in [6, 6.07) is 7.87. The topological polar surface area (TPSA) is 57.8 Å².